The monoisotopic (exact) mass is 274 g/mol. The minimum Gasteiger partial charge on any atom is -0.748 e. The van der Waals surface area contributed by atoms with Crippen molar-refractivity contribution < 1.29 is 47.6 Å². The van der Waals surface area contributed by atoms with E-state index < -0.39 is 15.4 Å². The molecule has 0 aromatic carbocycles. The van der Waals surface area contributed by atoms with Crippen LogP contribution < -0.4 is 29.6 Å². The van der Waals surface area contributed by atoms with Crippen LogP contribution in [0.1, 0.15) is 58.8 Å². The summed E-state index contributed by atoms with van der Waals surface area (Å²) in [6, 6.07) is 0. The molecule has 0 spiro atoms. The first kappa shape index (κ1) is 20.2. The normalized spacial score (nSPS) is 15.1. The molecular weight excluding hydrogens is 251 g/mol. The summed E-state index contributed by atoms with van der Waals surface area (Å²) in [6.45, 7) is 3.73. The number of rotatable bonds is 9. The number of unbranched alkanes of at least 4 members (excludes halogenated alkanes) is 1. The summed E-state index contributed by atoms with van der Waals surface area (Å²) in [5.41, 5.74) is 0. The average Bonchev–Trinajstić information content (AvgIpc) is 2.16. The summed E-state index contributed by atoms with van der Waals surface area (Å²) in [7, 11) is -4.14. The van der Waals surface area contributed by atoms with Gasteiger partial charge in [-0.25, -0.2) is 8.42 Å². The first-order valence-corrected chi connectivity index (χ1v) is 7.51. The van der Waals surface area contributed by atoms with Crippen molar-refractivity contribution in [1.29, 1.82) is 0 Å². The molecular formula is C11H23NaO4S. The van der Waals surface area contributed by atoms with Crippen molar-refractivity contribution in [3.8, 4) is 0 Å². The Hall–Kier alpha value is 0.870. The van der Waals surface area contributed by atoms with E-state index in [2.05, 4.69) is 0 Å². The SMILES string of the molecule is CCCC(O)CCCCC(CC)S(=O)(=O)[O-].[Na+]. The first-order chi connectivity index (χ1) is 7.41. The Morgan fingerprint density at radius 3 is 2.06 bits per heavy atom. The molecule has 17 heavy (non-hydrogen) atoms. The third-order valence-electron chi connectivity index (χ3n) is 2.80. The molecule has 0 saturated carbocycles. The molecule has 2 atom stereocenters. The van der Waals surface area contributed by atoms with Gasteiger partial charge in [0.05, 0.1) is 16.2 Å². The van der Waals surface area contributed by atoms with Crippen molar-refractivity contribution in [3.05, 3.63) is 0 Å². The third kappa shape index (κ3) is 10.5. The number of hydrogen-bond donors (Lipinski definition) is 1. The van der Waals surface area contributed by atoms with Gasteiger partial charge in [-0.1, -0.05) is 33.1 Å². The van der Waals surface area contributed by atoms with Gasteiger partial charge in [-0.3, -0.25) is 0 Å². The van der Waals surface area contributed by atoms with Gasteiger partial charge in [0.2, 0.25) is 0 Å². The zero-order valence-electron chi connectivity index (χ0n) is 11.2. The molecule has 0 heterocycles. The van der Waals surface area contributed by atoms with Gasteiger partial charge >= 0.3 is 29.6 Å². The number of hydrogen-bond acceptors (Lipinski definition) is 4. The van der Waals surface area contributed by atoms with Gasteiger partial charge in [0, 0.05) is 5.25 Å². The van der Waals surface area contributed by atoms with Crippen LogP contribution in [-0.4, -0.2) is 29.4 Å². The van der Waals surface area contributed by atoms with Crippen LogP contribution in [0.5, 0.6) is 0 Å². The molecule has 0 bridgehead atoms. The average molecular weight is 274 g/mol. The molecule has 0 aliphatic rings. The molecule has 6 heteroatoms. The second-order valence-electron chi connectivity index (χ2n) is 4.25. The minimum atomic E-state index is -4.14. The van der Waals surface area contributed by atoms with E-state index in [0.29, 0.717) is 25.7 Å². The van der Waals surface area contributed by atoms with E-state index in [1.165, 1.54) is 0 Å². The Balaban J connectivity index is 0. The molecule has 98 valence electrons. The summed E-state index contributed by atoms with van der Waals surface area (Å²) in [5, 5.41) is 8.70. The second kappa shape index (κ2) is 10.8. The summed E-state index contributed by atoms with van der Waals surface area (Å²) >= 11 is 0. The molecule has 0 aromatic heterocycles. The van der Waals surface area contributed by atoms with Crippen molar-refractivity contribution in [2.45, 2.75) is 70.1 Å². The Morgan fingerprint density at radius 1 is 1.12 bits per heavy atom. The topological polar surface area (TPSA) is 77.4 Å². The molecule has 0 aromatic rings. The molecule has 2 unspecified atom stereocenters. The second-order valence-corrected chi connectivity index (χ2v) is 5.90. The van der Waals surface area contributed by atoms with E-state index in [1.807, 2.05) is 6.92 Å². The van der Waals surface area contributed by atoms with Crippen LogP contribution in [0.2, 0.25) is 0 Å². The van der Waals surface area contributed by atoms with Crippen LogP contribution in [0.15, 0.2) is 0 Å². The summed E-state index contributed by atoms with van der Waals surface area (Å²) < 4.78 is 32.4. The van der Waals surface area contributed by atoms with E-state index in [1.54, 1.807) is 6.92 Å². The quantitative estimate of drug-likeness (QED) is 0.333. The standard InChI is InChI=1S/C11H24O4S.Na/c1-3-7-10(12)8-5-6-9-11(4-2)16(13,14)15;/h10-12H,3-9H2,1-2H3,(H,13,14,15);/q;+1/p-1. The fraction of sp³-hybridized carbons (Fsp3) is 1.00. The van der Waals surface area contributed by atoms with Gasteiger partial charge in [0.25, 0.3) is 0 Å². The van der Waals surface area contributed by atoms with Crippen LogP contribution in [0.25, 0.3) is 0 Å². The van der Waals surface area contributed by atoms with Crippen molar-refractivity contribution in [1.82, 2.24) is 0 Å². The fourth-order valence-corrected chi connectivity index (χ4v) is 2.65. The largest absolute Gasteiger partial charge is 1.00 e. The molecule has 0 aliphatic carbocycles. The predicted octanol–water partition coefficient (Wildman–Crippen LogP) is -0.964. The molecule has 0 amide bonds. The Bertz CT molecular complexity index is 267. The molecule has 0 radical (unpaired) electrons. The predicted molar refractivity (Wildman–Crippen MR) is 63.2 cm³/mol. The van der Waals surface area contributed by atoms with Crippen LogP contribution in [0, 0.1) is 0 Å². The van der Waals surface area contributed by atoms with Crippen LogP contribution >= 0.6 is 0 Å². The Labute approximate surface area is 127 Å². The number of aliphatic hydroxyl groups excluding tert-OH is 1. The van der Waals surface area contributed by atoms with E-state index >= 15 is 0 Å². The van der Waals surface area contributed by atoms with Crippen molar-refractivity contribution in [2.24, 2.45) is 0 Å². The molecule has 0 aliphatic heterocycles. The zero-order valence-corrected chi connectivity index (χ0v) is 14.0. The van der Waals surface area contributed by atoms with E-state index in [0.717, 1.165) is 19.3 Å². The molecule has 4 nitrogen and oxygen atoms in total. The maximum atomic E-state index is 10.8. The third-order valence-corrected chi connectivity index (χ3v) is 4.18. The van der Waals surface area contributed by atoms with Gasteiger partial charge in [-0.05, 0) is 25.7 Å². The zero-order chi connectivity index (χ0) is 12.6. The fourth-order valence-electron chi connectivity index (χ4n) is 1.78. The van der Waals surface area contributed by atoms with Gasteiger partial charge in [0.15, 0.2) is 0 Å². The molecule has 0 fully saturated rings. The molecule has 1 N–H and O–H groups in total. The van der Waals surface area contributed by atoms with Crippen LogP contribution in [0.4, 0.5) is 0 Å². The Morgan fingerprint density at radius 2 is 1.65 bits per heavy atom. The maximum absolute atomic E-state index is 10.8. The van der Waals surface area contributed by atoms with Crippen LogP contribution in [0.3, 0.4) is 0 Å². The minimum absolute atomic E-state index is 0. The van der Waals surface area contributed by atoms with Crippen molar-refractivity contribution in [2.75, 3.05) is 0 Å². The van der Waals surface area contributed by atoms with Gasteiger partial charge in [-0.15, -0.1) is 0 Å². The summed E-state index contributed by atoms with van der Waals surface area (Å²) in [6.07, 6.45) is 4.43. The van der Waals surface area contributed by atoms with Gasteiger partial charge in [-0.2, -0.15) is 0 Å². The first-order valence-electron chi connectivity index (χ1n) is 6.04. The van der Waals surface area contributed by atoms with Crippen molar-refractivity contribution >= 4 is 10.1 Å². The molecule has 0 saturated heterocycles. The summed E-state index contributed by atoms with van der Waals surface area (Å²) in [4.78, 5) is 0. The van der Waals surface area contributed by atoms with Crippen LogP contribution in [-0.2, 0) is 10.1 Å². The summed E-state index contributed by atoms with van der Waals surface area (Å²) in [5.74, 6) is 0. The molecule has 0 rings (SSSR count). The van der Waals surface area contributed by atoms with E-state index in [4.69, 9.17) is 0 Å². The Kier molecular flexibility index (Phi) is 12.8. The van der Waals surface area contributed by atoms with Crippen molar-refractivity contribution in [3.63, 3.8) is 0 Å². The maximum Gasteiger partial charge on any atom is 1.00 e. The smallest absolute Gasteiger partial charge is 0.748 e. The van der Waals surface area contributed by atoms with E-state index in [9.17, 15) is 18.1 Å². The number of aliphatic hydroxyl groups is 1. The van der Waals surface area contributed by atoms with E-state index in [-0.39, 0.29) is 35.7 Å². The van der Waals surface area contributed by atoms with Gasteiger partial charge < -0.3 is 9.66 Å². The van der Waals surface area contributed by atoms with Gasteiger partial charge in [0.1, 0.15) is 0 Å².